The predicted octanol–water partition coefficient (Wildman–Crippen LogP) is 1.88. The highest BCUT2D eigenvalue weighted by Crippen LogP contribution is 2.27. The average molecular weight is 192 g/mol. The van der Waals surface area contributed by atoms with Crippen LogP contribution < -0.4 is 15.4 Å². The predicted molar refractivity (Wildman–Crippen MR) is 58.9 cm³/mol. The first-order valence-electron chi connectivity index (χ1n) is 4.99. The van der Waals surface area contributed by atoms with Crippen molar-refractivity contribution >= 4 is 11.4 Å². The van der Waals surface area contributed by atoms with E-state index in [-0.39, 0.29) is 0 Å². The second-order valence-electron chi connectivity index (χ2n) is 3.66. The zero-order valence-corrected chi connectivity index (χ0v) is 8.49. The van der Waals surface area contributed by atoms with Crippen molar-refractivity contribution in [2.24, 2.45) is 0 Å². The molecule has 0 unspecified atom stereocenters. The zero-order valence-electron chi connectivity index (χ0n) is 8.49. The molecule has 3 nitrogen and oxygen atoms in total. The van der Waals surface area contributed by atoms with Gasteiger partial charge in [-0.15, -0.1) is 0 Å². The number of hydrogen-bond acceptors (Lipinski definition) is 3. The molecule has 1 fully saturated rings. The van der Waals surface area contributed by atoms with Crippen molar-refractivity contribution in [1.82, 2.24) is 0 Å². The minimum Gasteiger partial charge on any atom is -0.497 e. The first kappa shape index (κ1) is 9.19. The van der Waals surface area contributed by atoms with Crippen LogP contribution in [0.25, 0.3) is 0 Å². The van der Waals surface area contributed by atoms with Crippen LogP contribution in [-0.4, -0.2) is 20.2 Å². The Balaban J connectivity index is 2.27. The molecule has 1 aliphatic heterocycles. The summed E-state index contributed by atoms with van der Waals surface area (Å²) in [6.45, 7) is 2.26. The molecular formula is C11H16N2O. The fraction of sp³-hybridized carbons (Fsp3) is 0.455. The molecule has 0 saturated carbocycles. The Kier molecular flexibility index (Phi) is 2.48. The fourth-order valence-corrected chi connectivity index (χ4v) is 1.88. The van der Waals surface area contributed by atoms with Gasteiger partial charge in [-0.25, -0.2) is 0 Å². The lowest BCUT2D eigenvalue weighted by Gasteiger charge is -2.18. The number of nitrogens with zero attached hydrogens (tertiary/aromatic N) is 1. The molecule has 2 rings (SSSR count). The van der Waals surface area contributed by atoms with E-state index in [9.17, 15) is 0 Å². The van der Waals surface area contributed by atoms with Crippen LogP contribution >= 0.6 is 0 Å². The molecule has 1 heterocycles. The largest absolute Gasteiger partial charge is 0.497 e. The molecule has 0 spiro atoms. The molecule has 0 amide bonds. The Morgan fingerprint density at radius 3 is 2.57 bits per heavy atom. The topological polar surface area (TPSA) is 38.5 Å². The third kappa shape index (κ3) is 1.76. The van der Waals surface area contributed by atoms with E-state index in [0.717, 1.165) is 24.5 Å². The lowest BCUT2D eigenvalue weighted by atomic mass is 10.2. The Morgan fingerprint density at radius 1 is 1.21 bits per heavy atom. The van der Waals surface area contributed by atoms with Gasteiger partial charge >= 0.3 is 0 Å². The van der Waals surface area contributed by atoms with Gasteiger partial charge in [0.05, 0.1) is 7.11 Å². The molecule has 1 aromatic carbocycles. The number of anilines is 2. The molecular weight excluding hydrogens is 176 g/mol. The number of benzene rings is 1. The summed E-state index contributed by atoms with van der Waals surface area (Å²) in [7, 11) is 1.67. The Bertz CT molecular complexity index is 319. The third-order valence-electron chi connectivity index (χ3n) is 2.62. The van der Waals surface area contributed by atoms with E-state index in [2.05, 4.69) is 4.90 Å². The van der Waals surface area contributed by atoms with Gasteiger partial charge in [-0.2, -0.15) is 0 Å². The van der Waals surface area contributed by atoms with Crippen LogP contribution in [0.1, 0.15) is 12.8 Å². The van der Waals surface area contributed by atoms with Crippen molar-refractivity contribution in [3.05, 3.63) is 18.2 Å². The van der Waals surface area contributed by atoms with Gasteiger partial charge < -0.3 is 15.4 Å². The van der Waals surface area contributed by atoms with Gasteiger partial charge in [0, 0.05) is 36.6 Å². The van der Waals surface area contributed by atoms with Crippen molar-refractivity contribution in [3.8, 4) is 5.75 Å². The number of rotatable bonds is 2. The maximum Gasteiger partial charge on any atom is 0.122 e. The summed E-state index contributed by atoms with van der Waals surface area (Å²) >= 11 is 0. The van der Waals surface area contributed by atoms with E-state index in [1.54, 1.807) is 7.11 Å². The Hall–Kier alpha value is -1.38. The highest BCUT2D eigenvalue weighted by Gasteiger charge is 2.13. The van der Waals surface area contributed by atoms with E-state index < -0.39 is 0 Å². The molecule has 3 heteroatoms. The Labute approximate surface area is 84.5 Å². The van der Waals surface area contributed by atoms with Gasteiger partial charge in [-0.3, -0.25) is 0 Å². The van der Waals surface area contributed by atoms with Crippen LogP contribution in [-0.2, 0) is 0 Å². The highest BCUT2D eigenvalue weighted by molar-refractivity contribution is 5.60. The van der Waals surface area contributed by atoms with E-state index in [1.165, 1.54) is 18.5 Å². The van der Waals surface area contributed by atoms with Crippen LogP contribution in [0.3, 0.4) is 0 Å². The second-order valence-corrected chi connectivity index (χ2v) is 3.66. The summed E-state index contributed by atoms with van der Waals surface area (Å²) in [4.78, 5) is 2.35. The standard InChI is InChI=1S/C11H16N2O/c1-14-11-7-9(12)6-10(8-11)13-4-2-3-5-13/h6-8H,2-5,12H2,1H3. The van der Waals surface area contributed by atoms with Crippen LogP contribution in [0.5, 0.6) is 5.75 Å². The third-order valence-corrected chi connectivity index (χ3v) is 2.62. The summed E-state index contributed by atoms with van der Waals surface area (Å²) in [5, 5.41) is 0. The van der Waals surface area contributed by atoms with Crippen LogP contribution in [0.15, 0.2) is 18.2 Å². The van der Waals surface area contributed by atoms with Crippen molar-refractivity contribution in [2.45, 2.75) is 12.8 Å². The minimum atomic E-state index is 0.770. The van der Waals surface area contributed by atoms with Crippen LogP contribution in [0, 0.1) is 0 Å². The quantitative estimate of drug-likeness (QED) is 0.727. The van der Waals surface area contributed by atoms with E-state index in [4.69, 9.17) is 10.5 Å². The fourth-order valence-electron chi connectivity index (χ4n) is 1.88. The molecule has 0 aromatic heterocycles. The van der Waals surface area contributed by atoms with E-state index in [1.807, 2.05) is 18.2 Å². The summed E-state index contributed by atoms with van der Waals surface area (Å²) in [6.07, 6.45) is 2.55. The van der Waals surface area contributed by atoms with Gasteiger partial charge in [0.2, 0.25) is 0 Å². The van der Waals surface area contributed by atoms with Crippen molar-refractivity contribution < 1.29 is 4.74 Å². The van der Waals surface area contributed by atoms with Crippen molar-refractivity contribution in [2.75, 3.05) is 30.8 Å². The van der Waals surface area contributed by atoms with Crippen molar-refractivity contribution in [3.63, 3.8) is 0 Å². The monoisotopic (exact) mass is 192 g/mol. The molecule has 1 aromatic rings. The maximum atomic E-state index is 5.80. The lowest BCUT2D eigenvalue weighted by Crippen LogP contribution is -2.17. The minimum absolute atomic E-state index is 0.770. The van der Waals surface area contributed by atoms with Gasteiger partial charge in [0.25, 0.3) is 0 Å². The molecule has 0 radical (unpaired) electrons. The second kappa shape index (κ2) is 3.78. The van der Waals surface area contributed by atoms with Crippen LogP contribution in [0.2, 0.25) is 0 Å². The molecule has 0 aliphatic carbocycles. The zero-order chi connectivity index (χ0) is 9.97. The highest BCUT2D eigenvalue weighted by atomic mass is 16.5. The normalized spacial score (nSPS) is 15.9. The van der Waals surface area contributed by atoms with E-state index >= 15 is 0 Å². The first-order chi connectivity index (χ1) is 6.79. The molecule has 1 saturated heterocycles. The summed E-state index contributed by atoms with van der Waals surface area (Å²) in [5.74, 6) is 0.840. The number of nitrogen functional groups attached to an aromatic ring is 1. The number of methoxy groups -OCH3 is 1. The SMILES string of the molecule is COc1cc(N)cc(N2CCCC2)c1. The number of nitrogens with two attached hydrogens (primary N) is 1. The molecule has 76 valence electrons. The van der Waals surface area contributed by atoms with Gasteiger partial charge in [-0.1, -0.05) is 0 Å². The number of ether oxygens (including phenoxy) is 1. The summed E-state index contributed by atoms with van der Waals surface area (Å²) < 4.78 is 5.19. The smallest absolute Gasteiger partial charge is 0.122 e. The van der Waals surface area contributed by atoms with Crippen molar-refractivity contribution in [1.29, 1.82) is 0 Å². The molecule has 1 aliphatic rings. The molecule has 0 bridgehead atoms. The molecule has 0 atom stereocenters. The maximum absolute atomic E-state index is 5.80. The lowest BCUT2D eigenvalue weighted by molar-refractivity contribution is 0.415. The van der Waals surface area contributed by atoms with E-state index in [0.29, 0.717) is 0 Å². The summed E-state index contributed by atoms with van der Waals surface area (Å²) in [6, 6.07) is 5.90. The van der Waals surface area contributed by atoms with Gasteiger partial charge in [-0.05, 0) is 18.9 Å². The number of hydrogen-bond donors (Lipinski definition) is 1. The van der Waals surface area contributed by atoms with Gasteiger partial charge in [0.15, 0.2) is 0 Å². The average Bonchev–Trinajstić information content (AvgIpc) is 2.69. The first-order valence-corrected chi connectivity index (χ1v) is 4.99. The Morgan fingerprint density at radius 2 is 1.93 bits per heavy atom. The summed E-state index contributed by atoms with van der Waals surface area (Å²) in [5.41, 5.74) is 7.75. The van der Waals surface area contributed by atoms with Gasteiger partial charge in [0.1, 0.15) is 5.75 Å². The molecule has 14 heavy (non-hydrogen) atoms. The molecule has 2 N–H and O–H groups in total. The van der Waals surface area contributed by atoms with Crippen LogP contribution in [0.4, 0.5) is 11.4 Å².